The standard InChI is InChI=1S/C24H24N4O3/c1-14-25-24-26-18-11-17(15-7-5-4-6-8-15)12-19(29)22(18)23(28(24)27-14)16-9-10-20(30-2)21(13-16)31-3/h4-10,13,17,23H,11-12H2,1-3H3,(H,25,26,27). The smallest absolute Gasteiger partial charge is 0.226 e. The van der Waals surface area contributed by atoms with Crippen molar-refractivity contribution in [1.82, 2.24) is 14.8 Å². The van der Waals surface area contributed by atoms with E-state index < -0.39 is 0 Å². The van der Waals surface area contributed by atoms with Crippen molar-refractivity contribution in [3.8, 4) is 11.5 Å². The van der Waals surface area contributed by atoms with Crippen molar-refractivity contribution in [3.63, 3.8) is 0 Å². The van der Waals surface area contributed by atoms with E-state index in [1.807, 2.05) is 43.3 Å². The van der Waals surface area contributed by atoms with Gasteiger partial charge < -0.3 is 14.8 Å². The molecule has 0 fully saturated rings. The highest BCUT2D eigenvalue weighted by molar-refractivity contribution is 6.00. The van der Waals surface area contributed by atoms with Crippen LogP contribution in [0.15, 0.2) is 59.8 Å². The molecule has 1 N–H and O–H groups in total. The van der Waals surface area contributed by atoms with Gasteiger partial charge >= 0.3 is 0 Å². The van der Waals surface area contributed by atoms with E-state index in [-0.39, 0.29) is 17.7 Å². The van der Waals surface area contributed by atoms with Gasteiger partial charge in [-0.05, 0) is 42.5 Å². The lowest BCUT2D eigenvalue weighted by atomic mass is 9.78. The highest BCUT2D eigenvalue weighted by Gasteiger charge is 2.39. The molecule has 2 aliphatic rings. The van der Waals surface area contributed by atoms with E-state index in [4.69, 9.17) is 9.47 Å². The lowest BCUT2D eigenvalue weighted by molar-refractivity contribution is -0.116. The lowest BCUT2D eigenvalue weighted by Gasteiger charge is -2.35. The van der Waals surface area contributed by atoms with Crippen LogP contribution in [0.3, 0.4) is 0 Å². The minimum atomic E-state index is -0.364. The Bertz CT molecular complexity index is 1180. The number of rotatable bonds is 4. The molecule has 2 aromatic carbocycles. The van der Waals surface area contributed by atoms with Crippen LogP contribution >= 0.6 is 0 Å². The Kier molecular flexibility index (Phi) is 4.73. The van der Waals surface area contributed by atoms with Gasteiger partial charge in [0.25, 0.3) is 0 Å². The summed E-state index contributed by atoms with van der Waals surface area (Å²) in [6, 6.07) is 15.6. The molecule has 1 aliphatic heterocycles. The number of hydrogen-bond donors (Lipinski definition) is 1. The number of carbonyl (C=O) groups is 1. The largest absolute Gasteiger partial charge is 0.493 e. The van der Waals surface area contributed by atoms with Crippen LogP contribution < -0.4 is 14.8 Å². The molecule has 0 spiro atoms. The highest BCUT2D eigenvalue weighted by atomic mass is 16.5. The Morgan fingerprint density at radius 3 is 2.52 bits per heavy atom. The minimum Gasteiger partial charge on any atom is -0.493 e. The van der Waals surface area contributed by atoms with Crippen molar-refractivity contribution in [2.45, 2.75) is 31.7 Å². The number of benzene rings is 2. The zero-order chi connectivity index (χ0) is 21.5. The topological polar surface area (TPSA) is 78.3 Å². The van der Waals surface area contributed by atoms with Gasteiger partial charge in [0, 0.05) is 17.7 Å². The molecule has 2 heterocycles. The molecule has 0 radical (unpaired) electrons. The number of methoxy groups -OCH3 is 2. The van der Waals surface area contributed by atoms with E-state index in [9.17, 15) is 4.79 Å². The molecule has 158 valence electrons. The maximum absolute atomic E-state index is 13.5. The van der Waals surface area contributed by atoms with Gasteiger partial charge in [-0.25, -0.2) is 4.68 Å². The number of ether oxygens (including phenoxy) is 2. The molecule has 2 atom stereocenters. The van der Waals surface area contributed by atoms with Gasteiger partial charge in [-0.15, -0.1) is 0 Å². The van der Waals surface area contributed by atoms with Crippen LogP contribution in [0.2, 0.25) is 0 Å². The number of aryl methyl sites for hydroxylation is 1. The summed E-state index contributed by atoms with van der Waals surface area (Å²) >= 11 is 0. The number of allylic oxidation sites excluding steroid dienone is 2. The molecule has 7 nitrogen and oxygen atoms in total. The number of hydrogen-bond acceptors (Lipinski definition) is 6. The van der Waals surface area contributed by atoms with Crippen LogP contribution in [0.1, 0.15) is 41.8 Å². The van der Waals surface area contributed by atoms with E-state index in [1.54, 1.807) is 18.9 Å². The Morgan fingerprint density at radius 2 is 1.77 bits per heavy atom. The van der Waals surface area contributed by atoms with Gasteiger partial charge in [0.15, 0.2) is 17.3 Å². The third-order valence-electron chi connectivity index (χ3n) is 6.02. The van der Waals surface area contributed by atoms with Crippen LogP contribution in [-0.2, 0) is 4.79 Å². The highest BCUT2D eigenvalue weighted by Crippen LogP contribution is 2.45. The molecule has 1 aromatic heterocycles. The number of anilines is 1. The quantitative estimate of drug-likeness (QED) is 0.692. The van der Waals surface area contributed by atoms with Crippen LogP contribution in [0.5, 0.6) is 11.5 Å². The summed E-state index contributed by atoms with van der Waals surface area (Å²) in [5.41, 5.74) is 3.75. The fourth-order valence-corrected chi connectivity index (χ4v) is 4.61. The molecule has 0 saturated carbocycles. The van der Waals surface area contributed by atoms with E-state index in [0.29, 0.717) is 29.7 Å². The molecule has 3 aromatic rings. The molecular weight excluding hydrogens is 392 g/mol. The third kappa shape index (κ3) is 3.26. The van der Waals surface area contributed by atoms with Crippen molar-refractivity contribution in [1.29, 1.82) is 0 Å². The Morgan fingerprint density at radius 1 is 1.00 bits per heavy atom. The second-order valence-electron chi connectivity index (χ2n) is 7.90. The minimum absolute atomic E-state index is 0.126. The van der Waals surface area contributed by atoms with E-state index in [0.717, 1.165) is 23.3 Å². The second kappa shape index (κ2) is 7.58. The fraction of sp³-hybridized carbons (Fsp3) is 0.292. The molecule has 2 unspecified atom stereocenters. The summed E-state index contributed by atoms with van der Waals surface area (Å²) in [7, 11) is 3.21. The first-order chi connectivity index (χ1) is 15.1. The zero-order valence-electron chi connectivity index (χ0n) is 17.8. The third-order valence-corrected chi connectivity index (χ3v) is 6.02. The summed E-state index contributed by atoms with van der Waals surface area (Å²) in [6.07, 6.45) is 1.22. The van der Waals surface area contributed by atoms with Gasteiger partial charge in [-0.1, -0.05) is 36.4 Å². The summed E-state index contributed by atoms with van der Waals surface area (Å²) in [5, 5.41) is 7.99. The number of aromatic nitrogens is 3. The summed E-state index contributed by atoms with van der Waals surface area (Å²) in [6.45, 7) is 1.85. The first-order valence-corrected chi connectivity index (χ1v) is 10.3. The first kappa shape index (κ1) is 19.4. The van der Waals surface area contributed by atoms with Crippen LogP contribution in [0.25, 0.3) is 0 Å². The first-order valence-electron chi connectivity index (χ1n) is 10.3. The SMILES string of the molecule is COc1ccc(C2C3=C(CC(c4ccccc4)CC3=O)Nc3nc(C)nn32)cc1OC. The predicted molar refractivity (Wildman–Crippen MR) is 117 cm³/mol. The predicted octanol–water partition coefficient (Wildman–Crippen LogP) is 4.02. The zero-order valence-corrected chi connectivity index (χ0v) is 17.8. The van der Waals surface area contributed by atoms with E-state index in [2.05, 4.69) is 27.5 Å². The summed E-state index contributed by atoms with van der Waals surface area (Å²) < 4.78 is 12.7. The number of nitrogens with one attached hydrogen (secondary N) is 1. The molecule has 0 amide bonds. The number of Topliss-reactive ketones (excluding diaryl/α,β-unsaturated/α-hetero) is 1. The maximum Gasteiger partial charge on any atom is 0.226 e. The average Bonchev–Trinajstić information content (AvgIpc) is 3.17. The van der Waals surface area contributed by atoms with E-state index >= 15 is 0 Å². The lowest BCUT2D eigenvalue weighted by Crippen LogP contribution is -2.33. The second-order valence-corrected chi connectivity index (χ2v) is 7.90. The number of carbonyl (C=O) groups excluding carboxylic acids is 1. The van der Waals surface area contributed by atoms with Crippen molar-refractivity contribution in [2.24, 2.45) is 0 Å². The number of nitrogens with zero attached hydrogens (tertiary/aromatic N) is 3. The van der Waals surface area contributed by atoms with Crippen LogP contribution in [0, 0.1) is 6.92 Å². The molecule has 7 heteroatoms. The van der Waals surface area contributed by atoms with Crippen molar-refractivity contribution in [3.05, 3.63) is 76.8 Å². The molecule has 0 saturated heterocycles. The summed E-state index contributed by atoms with van der Waals surface area (Å²) in [5.74, 6) is 2.83. The molecular formula is C24H24N4O3. The molecule has 5 rings (SSSR count). The fourth-order valence-electron chi connectivity index (χ4n) is 4.61. The van der Waals surface area contributed by atoms with Gasteiger partial charge in [0.05, 0.1) is 14.2 Å². The maximum atomic E-state index is 13.5. The number of fused-ring (bicyclic) bond motifs is 1. The van der Waals surface area contributed by atoms with E-state index in [1.165, 1.54) is 5.56 Å². The van der Waals surface area contributed by atoms with Gasteiger partial charge in [0.1, 0.15) is 11.9 Å². The molecule has 31 heavy (non-hydrogen) atoms. The van der Waals surface area contributed by atoms with Gasteiger partial charge in [-0.2, -0.15) is 10.1 Å². The van der Waals surface area contributed by atoms with Gasteiger partial charge in [0.2, 0.25) is 5.95 Å². The Hall–Kier alpha value is -3.61. The van der Waals surface area contributed by atoms with Gasteiger partial charge in [-0.3, -0.25) is 4.79 Å². The Labute approximate surface area is 180 Å². The van der Waals surface area contributed by atoms with Crippen molar-refractivity contribution >= 4 is 11.7 Å². The van der Waals surface area contributed by atoms with Crippen molar-refractivity contribution in [2.75, 3.05) is 19.5 Å². The Balaban J connectivity index is 1.63. The monoisotopic (exact) mass is 416 g/mol. The number of ketones is 1. The van der Waals surface area contributed by atoms with Crippen LogP contribution in [0.4, 0.5) is 5.95 Å². The molecule has 1 aliphatic carbocycles. The average molecular weight is 416 g/mol. The molecule has 0 bridgehead atoms. The van der Waals surface area contributed by atoms with Crippen molar-refractivity contribution < 1.29 is 14.3 Å². The normalized spacial score (nSPS) is 20.0. The summed E-state index contributed by atoms with van der Waals surface area (Å²) in [4.78, 5) is 18.0. The van der Waals surface area contributed by atoms with Crippen LogP contribution in [-0.4, -0.2) is 34.8 Å².